The number of nitrogens with zero attached hydrogens (tertiary/aromatic N) is 5. The Hall–Kier alpha value is -3.78. The maximum Gasteiger partial charge on any atom is 0.416 e. The second-order valence-electron chi connectivity index (χ2n) is 13.1. The lowest BCUT2D eigenvalue weighted by molar-refractivity contribution is -0.143. The van der Waals surface area contributed by atoms with Gasteiger partial charge < -0.3 is 19.6 Å². The molecule has 1 saturated carbocycles. The van der Waals surface area contributed by atoms with E-state index in [0.29, 0.717) is 48.5 Å². The van der Waals surface area contributed by atoms with Crippen molar-refractivity contribution >= 4 is 23.7 Å². The standard InChI is InChI=1S/C33H41F6N5O4/c1-3-10-43(18-22-8-6-21(7-9-22)13-28(45)46)30-26(41-27(17-40-30)42-11-4-5-12-42)19-44-20(2)29(48-31(44)47)23-14-24(32(34,35)36)16-25(15-23)33(37,38)39/h14-17,20-22,29H,3-13,18-19H2,1-2H3,(H,45,46)/t20-,21-,22-,29?/m0/s1. The van der Waals surface area contributed by atoms with Crippen LogP contribution in [-0.4, -0.2) is 64.3 Å². The number of aromatic nitrogens is 2. The quantitative estimate of drug-likeness (QED) is 0.241. The van der Waals surface area contributed by atoms with Crippen LogP contribution in [0.5, 0.6) is 0 Å². The highest BCUT2D eigenvalue weighted by Gasteiger charge is 2.44. The minimum Gasteiger partial charge on any atom is -0.481 e. The van der Waals surface area contributed by atoms with Crippen molar-refractivity contribution in [3.8, 4) is 0 Å². The Kier molecular flexibility index (Phi) is 10.6. The van der Waals surface area contributed by atoms with Crippen molar-refractivity contribution in [2.75, 3.05) is 36.0 Å². The number of anilines is 2. The number of hydrogen-bond acceptors (Lipinski definition) is 7. The molecule has 48 heavy (non-hydrogen) atoms. The molecule has 3 aliphatic rings. The number of benzene rings is 1. The Morgan fingerprint density at radius 2 is 1.60 bits per heavy atom. The number of cyclic esters (lactones) is 1. The molecule has 3 fully saturated rings. The largest absolute Gasteiger partial charge is 0.481 e. The van der Waals surface area contributed by atoms with Gasteiger partial charge in [-0.15, -0.1) is 0 Å². The van der Waals surface area contributed by atoms with Crippen LogP contribution in [0.2, 0.25) is 0 Å². The van der Waals surface area contributed by atoms with E-state index >= 15 is 0 Å². The first-order valence-corrected chi connectivity index (χ1v) is 16.5. The molecule has 264 valence electrons. The molecule has 2 saturated heterocycles. The van der Waals surface area contributed by atoms with Crippen LogP contribution >= 0.6 is 0 Å². The van der Waals surface area contributed by atoms with Gasteiger partial charge in [0, 0.05) is 32.6 Å². The number of carbonyl (C=O) groups is 2. The van der Waals surface area contributed by atoms with Gasteiger partial charge in [-0.25, -0.2) is 14.8 Å². The summed E-state index contributed by atoms with van der Waals surface area (Å²) in [6.07, 6.45) is -4.38. The van der Waals surface area contributed by atoms with E-state index in [1.807, 2.05) is 6.92 Å². The van der Waals surface area contributed by atoms with Gasteiger partial charge in [0.1, 0.15) is 17.6 Å². The lowest BCUT2D eigenvalue weighted by Gasteiger charge is -2.34. The molecule has 1 aliphatic carbocycles. The molecule has 2 atom stereocenters. The van der Waals surface area contributed by atoms with Gasteiger partial charge in [0.25, 0.3) is 0 Å². The summed E-state index contributed by atoms with van der Waals surface area (Å²) in [7, 11) is 0. The first-order chi connectivity index (χ1) is 22.6. The third kappa shape index (κ3) is 8.25. The van der Waals surface area contributed by atoms with Crippen molar-refractivity contribution in [2.45, 2.75) is 96.3 Å². The minimum atomic E-state index is -5.04. The highest BCUT2D eigenvalue weighted by molar-refractivity contribution is 5.71. The lowest BCUT2D eigenvalue weighted by atomic mass is 9.80. The van der Waals surface area contributed by atoms with E-state index in [1.165, 1.54) is 11.8 Å². The molecule has 0 radical (unpaired) electrons. The molecule has 15 heteroatoms. The van der Waals surface area contributed by atoms with E-state index in [-0.39, 0.29) is 24.9 Å². The summed E-state index contributed by atoms with van der Waals surface area (Å²) in [5.41, 5.74) is -2.90. The average Bonchev–Trinajstić information content (AvgIpc) is 3.65. The van der Waals surface area contributed by atoms with E-state index < -0.39 is 53.3 Å². The van der Waals surface area contributed by atoms with Crippen molar-refractivity contribution in [3.05, 3.63) is 46.8 Å². The highest BCUT2D eigenvalue weighted by atomic mass is 19.4. The number of hydrogen-bond donors (Lipinski definition) is 1. The second-order valence-corrected chi connectivity index (χ2v) is 13.1. The summed E-state index contributed by atoms with van der Waals surface area (Å²) < 4.78 is 87.1. The number of alkyl halides is 6. The van der Waals surface area contributed by atoms with Crippen molar-refractivity contribution in [1.82, 2.24) is 14.9 Å². The molecule has 2 aliphatic heterocycles. The molecule has 1 amide bonds. The van der Waals surface area contributed by atoms with Gasteiger partial charge in [-0.2, -0.15) is 26.3 Å². The van der Waals surface area contributed by atoms with Crippen LogP contribution < -0.4 is 9.80 Å². The van der Waals surface area contributed by atoms with Gasteiger partial charge in [-0.1, -0.05) is 6.92 Å². The molecular formula is C33H41F6N5O4. The fourth-order valence-corrected chi connectivity index (χ4v) is 7.07. The number of carbonyl (C=O) groups excluding carboxylic acids is 1. The summed E-state index contributed by atoms with van der Waals surface area (Å²) in [6, 6.07) is 0.326. The number of rotatable bonds is 11. The predicted molar refractivity (Wildman–Crippen MR) is 164 cm³/mol. The van der Waals surface area contributed by atoms with Crippen LogP contribution in [0.1, 0.15) is 93.7 Å². The number of aliphatic carboxylic acids is 1. The zero-order chi connectivity index (χ0) is 34.8. The molecule has 0 spiro atoms. The van der Waals surface area contributed by atoms with Crippen LogP contribution in [0.4, 0.5) is 42.8 Å². The maximum atomic E-state index is 13.6. The molecule has 3 heterocycles. The van der Waals surface area contributed by atoms with Gasteiger partial charge >= 0.3 is 24.4 Å². The molecule has 1 aromatic carbocycles. The zero-order valence-electron chi connectivity index (χ0n) is 27.0. The van der Waals surface area contributed by atoms with E-state index in [2.05, 4.69) is 9.80 Å². The number of carboxylic acid groups (broad SMARTS) is 1. The van der Waals surface area contributed by atoms with E-state index in [4.69, 9.17) is 14.7 Å². The van der Waals surface area contributed by atoms with Crippen molar-refractivity contribution < 1.29 is 45.8 Å². The molecule has 0 bridgehead atoms. The Balaban J connectivity index is 1.43. The third-order valence-corrected chi connectivity index (χ3v) is 9.59. The molecule has 1 aromatic heterocycles. The Bertz CT molecular complexity index is 1420. The van der Waals surface area contributed by atoms with Crippen LogP contribution in [0.25, 0.3) is 0 Å². The van der Waals surface area contributed by atoms with Crippen LogP contribution in [0, 0.1) is 11.8 Å². The van der Waals surface area contributed by atoms with Gasteiger partial charge in [-0.05, 0) is 87.5 Å². The van der Waals surface area contributed by atoms with E-state index in [0.717, 1.165) is 58.0 Å². The van der Waals surface area contributed by atoms with Gasteiger partial charge in [0.2, 0.25) is 0 Å². The van der Waals surface area contributed by atoms with Gasteiger partial charge in [-0.3, -0.25) is 9.69 Å². The van der Waals surface area contributed by atoms with Crippen LogP contribution in [0.3, 0.4) is 0 Å². The minimum absolute atomic E-state index is 0.0510. The normalized spacial score (nSPS) is 23.5. The van der Waals surface area contributed by atoms with Gasteiger partial charge in [0.15, 0.2) is 5.82 Å². The Morgan fingerprint density at radius 3 is 2.17 bits per heavy atom. The zero-order valence-corrected chi connectivity index (χ0v) is 27.0. The average molecular weight is 686 g/mol. The topological polar surface area (TPSA) is 99.1 Å². The SMILES string of the molecule is CCCN(C[C@H]1CC[C@H](CC(=O)O)CC1)c1ncc(N2CCCC2)nc1CN1C(=O)OC(c2cc(C(F)(F)F)cc(C(F)(F)F)c2)[C@@H]1C. The summed E-state index contributed by atoms with van der Waals surface area (Å²) >= 11 is 0. The Labute approximate surface area is 275 Å². The van der Waals surface area contributed by atoms with Crippen LogP contribution in [0.15, 0.2) is 24.4 Å². The van der Waals surface area contributed by atoms with Crippen LogP contribution in [-0.2, 0) is 28.4 Å². The number of ether oxygens (including phenoxy) is 1. The monoisotopic (exact) mass is 685 g/mol. The summed E-state index contributed by atoms with van der Waals surface area (Å²) in [6.45, 7) is 6.28. The highest BCUT2D eigenvalue weighted by Crippen LogP contribution is 2.41. The number of halogens is 6. The second kappa shape index (κ2) is 14.4. The molecule has 2 aromatic rings. The number of amides is 1. The molecule has 1 unspecified atom stereocenters. The fourth-order valence-electron chi connectivity index (χ4n) is 7.07. The maximum absolute atomic E-state index is 13.6. The van der Waals surface area contributed by atoms with Crippen molar-refractivity contribution in [2.24, 2.45) is 11.8 Å². The lowest BCUT2D eigenvalue weighted by Crippen LogP contribution is -2.36. The van der Waals surface area contributed by atoms with Crippen molar-refractivity contribution in [1.29, 1.82) is 0 Å². The molecule has 1 N–H and O–H groups in total. The summed E-state index contributed by atoms with van der Waals surface area (Å²) in [5.74, 6) is 0.817. The van der Waals surface area contributed by atoms with E-state index in [9.17, 15) is 41.0 Å². The number of carboxylic acids is 1. The summed E-state index contributed by atoms with van der Waals surface area (Å²) in [4.78, 5) is 39.7. The summed E-state index contributed by atoms with van der Waals surface area (Å²) in [5, 5.41) is 9.20. The first kappa shape index (κ1) is 35.5. The van der Waals surface area contributed by atoms with Gasteiger partial charge in [0.05, 0.1) is 29.9 Å². The Morgan fingerprint density at radius 1 is 1.00 bits per heavy atom. The first-order valence-electron chi connectivity index (χ1n) is 16.5. The third-order valence-electron chi connectivity index (χ3n) is 9.59. The molecular weight excluding hydrogens is 644 g/mol. The molecule has 5 rings (SSSR count). The molecule has 9 nitrogen and oxygen atoms in total. The predicted octanol–water partition coefficient (Wildman–Crippen LogP) is 7.69. The smallest absolute Gasteiger partial charge is 0.416 e. The fraction of sp³-hybridized carbons (Fsp3) is 0.636. The van der Waals surface area contributed by atoms with Crippen molar-refractivity contribution in [3.63, 3.8) is 0 Å². The van der Waals surface area contributed by atoms with E-state index in [1.54, 1.807) is 6.20 Å².